The fourth-order valence-corrected chi connectivity index (χ4v) is 2.17. The predicted octanol–water partition coefficient (Wildman–Crippen LogP) is 2.23. The Kier molecular flexibility index (Phi) is 2.99. The molecule has 15 heavy (non-hydrogen) atoms. The van der Waals surface area contributed by atoms with Crippen molar-refractivity contribution in [3.63, 3.8) is 0 Å². The SMILES string of the molecule is Nc1ccc(N2CCCCCC2)c(N)c1. The maximum atomic E-state index is 5.98. The second-order valence-corrected chi connectivity index (χ2v) is 4.22. The van der Waals surface area contributed by atoms with Crippen LogP contribution in [0.3, 0.4) is 0 Å². The number of benzene rings is 1. The minimum absolute atomic E-state index is 0.742. The molecule has 0 spiro atoms. The van der Waals surface area contributed by atoms with E-state index in [1.165, 1.54) is 25.7 Å². The van der Waals surface area contributed by atoms with Crippen LogP contribution in [0, 0.1) is 0 Å². The molecule has 1 aromatic rings. The van der Waals surface area contributed by atoms with Gasteiger partial charge in [-0.3, -0.25) is 0 Å². The van der Waals surface area contributed by atoms with E-state index in [1.807, 2.05) is 18.2 Å². The summed E-state index contributed by atoms with van der Waals surface area (Å²) in [5.41, 5.74) is 14.4. The second-order valence-electron chi connectivity index (χ2n) is 4.22. The van der Waals surface area contributed by atoms with Gasteiger partial charge in [-0.1, -0.05) is 12.8 Å². The molecule has 0 unspecified atom stereocenters. The number of rotatable bonds is 1. The molecule has 1 fully saturated rings. The third kappa shape index (κ3) is 2.35. The molecular weight excluding hydrogens is 186 g/mol. The summed E-state index contributed by atoms with van der Waals surface area (Å²) in [5, 5.41) is 0. The number of hydrogen-bond acceptors (Lipinski definition) is 3. The van der Waals surface area contributed by atoms with Gasteiger partial charge in [0.15, 0.2) is 0 Å². The molecule has 0 aliphatic carbocycles. The lowest BCUT2D eigenvalue weighted by Gasteiger charge is -2.24. The molecule has 0 bridgehead atoms. The minimum Gasteiger partial charge on any atom is -0.399 e. The average Bonchev–Trinajstić information content (AvgIpc) is 2.46. The Hall–Kier alpha value is -1.38. The van der Waals surface area contributed by atoms with Gasteiger partial charge in [0, 0.05) is 18.8 Å². The Morgan fingerprint density at radius 3 is 2.20 bits per heavy atom. The van der Waals surface area contributed by atoms with Crippen molar-refractivity contribution in [3.05, 3.63) is 18.2 Å². The van der Waals surface area contributed by atoms with Gasteiger partial charge in [-0.15, -0.1) is 0 Å². The van der Waals surface area contributed by atoms with Crippen LogP contribution in [0.4, 0.5) is 17.1 Å². The van der Waals surface area contributed by atoms with Gasteiger partial charge in [-0.05, 0) is 31.0 Å². The normalized spacial score (nSPS) is 17.5. The van der Waals surface area contributed by atoms with E-state index in [0.29, 0.717) is 0 Å². The average molecular weight is 205 g/mol. The molecule has 0 radical (unpaired) electrons. The molecule has 0 atom stereocenters. The van der Waals surface area contributed by atoms with Crippen molar-refractivity contribution in [2.75, 3.05) is 29.5 Å². The van der Waals surface area contributed by atoms with E-state index in [1.54, 1.807) is 0 Å². The van der Waals surface area contributed by atoms with Gasteiger partial charge in [0.05, 0.1) is 11.4 Å². The van der Waals surface area contributed by atoms with Crippen molar-refractivity contribution in [2.24, 2.45) is 0 Å². The Balaban J connectivity index is 2.19. The number of nitrogen functional groups attached to an aromatic ring is 2. The number of hydrogen-bond donors (Lipinski definition) is 2. The van der Waals surface area contributed by atoms with Crippen molar-refractivity contribution in [3.8, 4) is 0 Å². The standard InChI is InChI=1S/C12H19N3/c13-10-5-6-12(11(14)9-10)15-7-3-1-2-4-8-15/h5-6,9H,1-4,7-8,13-14H2. The third-order valence-electron chi connectivity index (χ3n) is 3.00. The molecule has 4 N–H and O–H groups in total. The summed E-state index contributed by atoms with van der Waals surface area (Å²) in [4.78, 5) is 2.38. The summed E-state index contributed by atoms with van der Waals surface area (Å²) < 4.78 is 0. The highest BCUT2D eigenvalue weighted by molar-refractivity contribution is 5.71. The molecule has 3 heteroatoms. The molecule has 1 aromatic carbocycles. The maximum absolute atomic E-state index is 5.98. The highest BCUT2D eigenvalue weighted by Crippen LogP contribution is 2.27. The van der Waals surface area contributed by atoms with Crippen LogP contribution in [-0.2, 0) is 0 Å². The van der Waals surface area contributed by atoms with Crippen LogP contribution >= 0.6 is 0 Å². The lowest BCUT2D eigenvalue weighted by Crippen LogP contribution is -2.24. The van der Waals surface area contributed by atoms with Gasteiger partial charge in [0.1, 0.15) is 0 Å². The van der Waals surface area contributed by atoms with Gasteiger partial charge in [0.25, 0.3) is 0 Å². The third-order valence-corrected chi connectivity index (χ3v) is 3.00. The molecule has 0 saturated carbocycles. The molecule has 1 heterocycles. The number of nitrogens with two attached hydrogens (primary N) is 2. The molecule has 1 saturated heterocycles. The van der Waals surface area contributed by atoms with Gasteiger partial charge in [-0.25, -0.2) is 0 Å². The number of anilines is 3. The van der Waals surface area contributed by atoms with Crippen LogP contribution < -0.4 is 16.4 Å². The van der Waals surface area contributed by atoms with Crippen molar-refractivity contribution >= 4 is 17.1 Å². The first-order chi connectivity index (χ1) is 7.27. The van der Waals surface area contributed by atoms with Crippen molar-refractivity contribution in [1.29, 1.82) is 0 Å². The van der Waals surface area contributed by atoms with Crippen molar-refractivity contribution in [1.82, 2.24) is 0 Å². The lowest BCUT2D eigenvalue weighted by molar-refractivity contribution is 0.726. The summed E-state index contributed by atoms with van der Waals surface area (Å²) >= 11 is 0. The summed E-state index contributed by atoms with van der Waals surface area (Å²) in [6.07, 6.45) is 5.21. The highest BCUT2D eigenvalue weighted by atomic mass is 15.1. The first kappa shape index (κ1) is 10.1. The van der Waals surface area contributed by atoms with E-state index in [0.717, 1.165) is 30.2 Å². The van der Waals surface area contributed by atoms with Crippen LogP contribution in [0.5, 0.6) is 0 Å². The summed E-state index contributed by atoms with van der Waals surface area (Å²) in [6.45, 7) is 2.24. The highest BCUT2D eigenvalue weighted by Gasteiger charge is 2.11. The van der Waals surface area contributed by atoms with E-state index in [2.05, 4.69) is 4.90 Å². The predicted molar refractivity (Wildman–Crippen MR) is 65.9 cm³/mol. The quantitative estimate of drug-likeness (QED) is 0.691. The number of nitrogens with zero attached hydrogens (tertiary/aromatic N) is 1. The molecule has 3 nitrogen and oxygen atoms in total. The van der Waals surface area contributed by atoms with Crippen LogP contribution in [0.25, 0.3) is 0 Å². The van der Waals surface area contributed by atoms with Crippen LogP contribution in [0.2, 0.25) is 0 Å². The van der Waals surface area contributed by atoms with Gasteiger partial charge >= 0.3 is 0 Å². The summed E-state index contributed by atoms with van der Waals surface area (Å²) in [6, 6.07) is 5.81. The fourth-order valence-electron chi connectivity index (χ4n) is 2.17. The van der Waals surface area contributed by atoms with E-state index in [9.17, 15) is 0 Å². The first-order valence-corrected chi connectivity index (χ1v) is 5.67. The summed E-state index contributed by atoms with van der Waals surface area (Å²) in [5.74, 6) is 0. The monoisotopic (exact) mass is 205 g/mol. The zero-order valence-electron chi connectivity index (χ0n) is 9.08. The lowest BCUT2D eigenvalue weighted by atomic mass is 10.2. The smallest absolute Gasteiger partial charge is 0.0601 e. The molecular formula is C12H19N3. The van der Waals surface area contributed by atoms with Gasteiger partial charge in [0.2, 0.25) is 0 Å². The zero-order chi connectivity index (χ0) is 10.7. The van der Waals surface area contributed by atoms with E-state index < -0.39 is 0 Å². The fraction of sp³-hybridized carbons (Fsp3) is 0.500. The van der Waals surface area contributed by atoms with Crippen molar-refractivity contribution < 1.29 is 0 Å². The molecule has 1 aliphatic rings. The van der Waals surface area contributed by atoms with E-state index in [4.69, 9.17) is 11.5 Å². The topological polar surface area (TPSA) is 55.3 Å². The second kappa shape index (κ2) is 4.43. The molecule has 0 aromatic heterocycles. The van der Waals surface area contributed by atoms with E-state index in [-0.39, 0.29) is 0 Å². The minimum atomic E-state index is 0.742. The van der Waals surface area contributed by atoms with Crippen molar-refractivity contribution in [2.45, 2.75) is 25.7 Å². The van der Waals surface area contributed by atoms with Crippen LogP contribution in [0.15, 0.2) is 18.2 Å². The van der Waals surface area contributed by atoms with Gasteiger partial charge < -0.3 is 16.4 Å². The van der Waals surface area contributed by atoms with Crippen LogP contribution in [-0.4, -0.2) is 13.1 Å². The Morgan fingerprint density at radius 2 is 1.60 bits per heavy atom. The molecule has 0 amide bonds. The molecule has 2 rings (SSSR count). The van der Waals surface area contributed by atoms with Gasteiger partial charge in [-0.2, -0.15) is 0 Å². The Bertz CT molecular complexity index is 328. The first-order valence-electron chi connectivity index (χ1n) is 5.67. The summed E-state index contributed by atoms with van der Waals surface area (Å²) in [7, 11) is 0. The molecule has 1 aliphatic heterocycles. The maximum Gasteiger partial charge on any atom is 0.0601 e. The Morgan fingerprint density at radius 1 is 0.933 bits per heavy atom. The Labute approximate surface area is 91.1 Å². The zero-order valence-corrected chi connectivity index (χ0v) is 9.08. The molecule has 82 valence electrons. The van der Waals surface area contributed by atoms with E-state index >= 15 is 0 Å². The largest absolute Gasteiger partial charge is 0.399 e. The van der Waals surface area contributed by atoms with Crippen LogP contribution in [0.1, 0.15) is 25.7 Å².